The monoisotopic (exact) mass is 520 g/mol. The largest absolute Gasteiger partial charge is 1.00 e. The van der Waals surface area contributed by atoms with Crippen molar-refractivity contribution < 1.29 is 42.9 Å². The van der Waals surface area contributed by atoms with Crippen LogP contribution >= 0.6 is 0 Å². The number of halogens is 1. The molecule has 3 amide bonds. The Bertz CT molecular complexity index is 679. The fourth-order valence-electron chi connectivity index (χ4n) is 3.26. The van der Waals surface area contributed by atoms with Crippen LogP contribution in [0.3, 0.4) is 0 Å². The maximum atomic E-state index is 12.1. The molecule has 0 saturated carbocycles. The minimum Gasteiger partial charge on any atom is -1.00 e. The summed E-state index contributed by atoms with van der Waals surface area (Å²) in [5.74, 6) is 0.279. The molecule has 10 heteroatoms. The first-order valence-corrected chi connectivity index (χ1v) is 10.0. The van der Waals surface area contributed by atoms with E-state index in [1.807, 2.05) is 23.8 Å². The van der Waals surface area contributed by atoms with E-state index < -0.39 is 0 Å². The van der Waals surface area contributed by atoms with Crippen LogP contribution in [0.25, 0.3) is 0 Å². The molecule has 3 rings (SSSR count). The molecule has 29 heavy (non-hydrogen) atoms. The van der Waals surface area contributed by atoms with E-state index >= 15 is 0 Å². The Morgan fingerprint density at radius 3 is 2.24 bits per heavy atom. The molecule has 0 spiro atoms. The first-order chi connectivity index (χ1) is 13.5. The van der Waals surface area contributed by atoms with Gasteiger partial charge in [0.2, 0.25) is 11.8 Å². The van der Waals surface area contributed by atoms with Crippen LogP contribution in [0.5, 0.6) is 0 Å². The zero-order valence-corrected chi connectivity index (χ0v) is 19.8. The van der Waals surface area contributed by atoms with Gasteiger partial charge in [-0.25, -0.2) is 9.36 Å². The smallest absolute Gasteiger partial charge is 0.416 e. The first-order valence-electron chi connectivity index (χ1n) is 10.0. The molecule has 9 nitrogen and oxygen atoms in total. The zero-order valence-electron chi connectivity index (χ0n) is 17.6. The topological polar surface area (TPSA) is 81.8 Å². The van der Waals surface area contributed by atoms with Crippen molar-refractivity contribution in [1.82, 2.24) is 24.6 Å². The number of nitrogens with one attached hydrogen (secondary N) is 1. The summed E-state index contributed by atoms with van der Waals surface area (Å²) in [6.07, 6.45) is 7.21. The van der Waals surface area contributed by atoms with Crippen molar-refractivity contribution in [2.45, 2.75) is 26.7 Å². The summed E-state index contributed by atoms with van der Waals surface area (Å²) in [4.78, 5) is 40.4. The molecule has 1 aromatic rings. The van der Waals surface area contributed by atoms with Crippen molar-refractivity contribution in [3.05, 3.63) is 18.7 Å². The Kier molecular flexibility index (Phi) is 11.2. The van der Waals surface area contributed by atoms with Crippen LogP contribution in [-0.4, -0.2) is 89.5 Å². The lowest BCUT2D eigenvalue weighted by Gasteiger charge is -2.32. The summed E-state index contributed by atoms with van der Waals surface area (Å²) in [5.41, 5.74) is 0. The number of aromatic nitrogens is 2. The van der Waals surface area contributed by atoms with Crippen LogP contribution in [0.4, 0.5) is 4.79 Å². The molecular formula is C19H33IN6O3. The fourth-order valence-corrected chi connectivity index (χ4v) is 3.26. The summed E-state index contributed by atoms with van der Waals surface area (Å²) in [6.45, 7) is 9.61. The van der Waals surface area contributed by atoms with Gasteiger partial charge >= 0.3 is 6.03 Å². The highest BCUT2D eigenvalue weighted by Crippen LogP contribution is 2.06. The Morgan fingerprint density at radius 1 is 1.07 bits per heavy atom. The van der Waals surface area contributed by atoms with Crippen molar-refractivity contribution >= 4 is 17.8 Å². The van der Waals surface area contributed by atoms with E-state index in [0.717, 1.165) is 39.0 Å². The Balaban J connectivity index is 0.000000327. The van der Waals surface area contributed by atoms with Crippen molar-refractivity contribution in [2.75, 3.05) is 52.4 Å². The van der Waals surface area contributed by atoms with E-state index in [1.54, 1.807) is 28.2 Å². The number of carbonyl (C=O) groups excluding carboxylic acids is 3. The van der Waals surface area contributed by atoms with Crippen LogP contribution in [0.2, 0.25) is 0 Å². The van der Waals surface area contributed by atoms with Gasteiger partial charge in [-0.3, -0.25) is 14.5 Å². The summed E-state index contributed by atoms with van der Waals surface area (Å²) in [5, 5.41) is 3.03. The number of aryl methyl sites for hydroxylation is 1. The van der Waals surface area contributed by atoms with Gasteiger partial charge in [-0.15, -0.1) is 0 Å². The van der Waals surface area contributed by atoms with Gasteiger partial charge in [0.15, 0.2) is 0 Å². The van der Waals surface area contributed by atoms with Crippen molar-refractivity contribution in [2.24, 2.45) is 7.05 Å². The van der Waals surface area contributed by atoms with Gasteiger partial charge in [0.25, 0.3) is 6.33 Å². The SMILES string of the molecule is CCCN1CCN(C(=O)n2cc[n+](C)c2)CC1=O.CCCN1CCNCC1=O.[I-]. The van der Waals surface area contributed by atoms with Crippen molar-refractivity contribution in [3.63, 3.8) is 0 Å². The second kappa shape index (κ2) is 12.8. The molecule has 2 aliphatic rings. The number of piperazine rings is 2. The van der Waals surface area contributed by atoms with Gasteiger partial charge in [-0.2, -0.15) is 4.57 Å². The molecule has 2 fully saturated rings. The molecule has 1 aromatic heterocycles. The fraction of sp³-hybridized carbons (Fsp3) is 0.684. The van der Waals surface area contributed by atoms with Gasteiger partial charge in [0.1, 0.15) is 18.9 Å². The van der Waals surface area contributed by atoms with Crippen LogP contribution in [0.15, 0.2) is 18.7 Å². The number of imidazole rings is 1. The number of nitrogens with zero attached hydrogens (tertiary/aromatic N) is 5. The number of carbonyl (C=O) groups is 3. The van der Waals surface area contributed by atoms with E-state index in [-0.39, 0.29) is 48.4 Å². The Morgan fingerprint density at radius 2 is 1.72 bits per heavy atom. The molecule has 0 unspecified atom stereocenters. The molecular weight excluding hydrogens is 487 g/mol. The predicted octanol–water partition coefficient (Wildman–Crippen LogP) is -3.33. The van der Waals surface area contributed by atoms with E-state index in [1.165, 1.54) is 4.57 Å². The van der Waals surface area contributed by atoms with Crippen LogP contribution in [-0.2, 0) is 16.6 Å². The Hall–Kier alpha value is -1.69. The average Bonchev–Trinajstić information content (AvgIpc) is 3.12. The normalized spacial score (nSPS) is 16.9. The van der Waals surface area contributed by atoms with E-state index in [0.29, 0.717) is 19.6 Å². The number of rotatable bonds is 4. The van der Waals surface area contributed by atoms with Gasteiger partial charge in [-0.1, -0.05) is 13.8 Å². The molecule has 0 atom stereocenters. The molecule has 0 radical (unpaired) electrons. The highest BCUT2D eigenvalue weighted by molar-refractivity contribution is 5.86. The van der Waals surface area contributed by atoms with E-state index in [4.69, 9.17) is 0 Å². The molecule has 164 valence electrons. The Labute approximate surface area is 190 Å². The lowest BCUT2D eigenvalue weighted by atomic mass is 10.3. The summed E-state index contributed by atoms with van der Waals surface area (Å²) in [6, 6.07) is -0.139. The molecule has 0 aromatic carbocycles. The predicted molar refractivity (Wildman–Crippen MR) is 105 cm³/mol. The average molecular weight is 520 g/mol. The van der Waals surface area contributed by atoms with Gasteiger partial charge in [0.05, 0.1) is 13.6 Å². The highest BCUT2D eigenvalue weighted by Gasteiger charge is 2.29. The summed E-state index contributed by atoms with van der Waals surface area (Å²) >= 11 is 0. The number of hydrogen-bond acceptors (Lipinski definition) is 4. The van der Waals surface area contributed by atoms with Crippen molar-refractivity contribution in [1.29, 1.82) is 0 Å². The third-order valence-corrected chi connectivity index (χ3v) is 4.75. The molecule has 0 bridgehead atoms. The molecule has 1 N–H and O–H groups in total. The zero-order chi connectivity index (χ0) is 20.5. The van der Waals surface area contributed by atoms with E-state index in [9.17, 15) is 14.4 Å². The maximum Gasteiger partial charge on any atom is 0.416 e. The van der Waals surface area contributed by atoms with Gasteiger partial charge in [0, 0.05) is 39.3 Å². The maximum absolute atomic E-state index is 12.1. The van der Waals surface area contributed by atoms with E-state index in [2.05, 4.69) is 12.2 Å². The third-order valence-electron chi connectivity index (χ3n) is 4.75. The minimum atomic E-state index is -0.139. The van der Waals surface area contributed by atoms with Crippen molar-refractivity contribution in [3.8, 4) is 0 Å². The van der Waals surface area contributed by atoms with Crippen LogP contribution in [0, 0.1) is 0 Å². The number of amides is 3. The first kappa shape index (κ1) is 25.3. The third kappa shape index (κ3) is 7.57. The van der Waals surface area contributed by atoms with Crippen LogP contribution in [0.1, 0.15) is 26.7 Å². The lowest BCUT2D eigenvalue weighted by Crippen LogP contribution is -3.00. The molecule has 0 aliphatic carbocycles. The standard InChI is InChI=1S/C12H19N4O2.C7H14N2O.HI/c1-3-4-14-7-8-15(9-11(14)17)12(18)16-6-5-13(2)10-16;1-2-4-9-5-3-8-6-7(9)10;/h5-6,10H,3-4,7-9H2,1-2H3;8H,2-6H2,1H3;1H/q+1;;/p-1. The summed E-state index contributed by atoms with van der Waals surface area (Å²) in [7, 11) is 1.86. The number of hydrogen-bond donors (Lipinski definition) is 1. The summed E-state index contributed by atoms with van der Waals surface area (Å²) < 4.78 is 3.30. The second-order valence-electron chi connectivity index (χ2n) is 7.13. The highest BCUT2D eigenvalue weighted by atomic mass is 127. The molecule has 3 heterocycles. The quantitative estimate of drug-likeness (QED) is 0.333. The lowest BCUT2D eigenvalue weighted by molar-refractivity contribution is -0.670. The molecule has 2 saturated heterocycles. The van der Waals surface area contributed by atoms with Gasteiger partial charge < -0.3 is 39.1 Å². The minimum absolute atomic E-state index is 0. The second-order valence-corrected chi connectivity index (χ2v) is 7.13. The van der Waals surface area contributed by atoms with Crippen LogP contribution < -0.4 is 33.9 Å². The van der Waals surface area contributed by atoms with Gasteiger partial charge in [-0.05, 0) is 12.8 Å². The molecule has 2 aliphatic heterocycles.